The number of nitrogens with zero attached hydrogens (tertiary/aromatic N) is 2. The Morgan fingerprint density at radius 1 is 0.950 bits per heavy atom. The number of aliphatic hydroxyl groups excluding tert-OH is 1. The Kier molecular flexibility index (Phi) is 7.44. The highest BCUT2D eigenvalue weighted by Gasteiger charge is 2.47. The Balaban J connectivity index is 1.74. The predicted molar refractivity (Wildman–Crippen MR) is 153 cm³/mol. The van der Waals surface area contributed by atoms with Crippen LogP contribution < -0.4 is 28.7 Å². The minimum Gasteiger partial charge on any atom is -0.507 e. The molecule has 0 radical (unpaired) electrons. The van der Waals surface area contributed by atoms with Crippen LogP contribution in [0.25, 0.3) is 5.76 Å². The number of ether oxygens (including phenoxy) is 4. The number of methoxy groups -OCH3 is 2. The maximum Gasteiger partial charge on any atom is 0.300 e. The summed E-state index contributed by atoms with van der Waals surface area (Å²) in [7, 11) is 6.55. The topological polar surface area (TPSA) is 97.8 Å². The zero-order valence-corrected chi connectivity index (χ0v) is 23.7. The van der Waals surface area contributed by atoms with Crippen LogP contribution in [-0.2, 0) is 9.59 Å². The highest BCUT2D eigenvalue weighted by molar-refractivity contribution is 6.52. The van der Waals surface area contributed by atoms with Gasteiger partial charge in [-0.25, -0.2) is 0 Å². The number of Topliss-reactive ketones (excluding diaryl/α,β-unsaturated/α-hetero) is 1. The van der Waals surface area contributed by atoms with Gasteiger partial charge in [0.25, 0.3) is 11.7 Å². The summed E-state index contributed by atoms with van der Waals surface area (Å²) in [5.74, 6) is -1.06. The molecule has 1 unspecified atom stereocenters. The molecular weight excluding hydrogens is 559 g/mol. The number of fused-ring (bicyclic) bond motifs is 1. The van der Waals surface area contributed by atoms with E-state index in [1.165, 1.54) is 25.2 Å². The summed E-state index contributed by atoms with van der Waals surface area (Å²) in [6.45, 7) is 0.757. The van der Waals surface area contributed by atoms with Gasteiger partial charge in [-0.05, 0) is 35.9 Å². The average Bonchev–Trinajstić information content (AvgIpc) is 3.22. The van der Waals surface area contributed by atoms with E-state index in [9.17, 15) is 14.7 Å². The van der Waals surface area contributed by atoms with E-state index in [0.717, 1.165) is 5.69 Å². The monoisotopic (exact) mass is 584 g/mol. The van der Waals surface area contributed by atoms with Gasteiger partial charge >= 0.3 is 0 Å². The largest absolute Gasteiger partial charge is 0.507 e. The number of hydrogen-bond donors (Lipinski definition) is 1. The first-order valence-corrected chi connectivity index (χ1v) is 13.0. The van der Waals surface area contributed by atoms with Gasteiger partial charge in [-0.2, -0.15) is 0 Å². The van der Waals surface area contributed by atoms with Gasteiger partial charge in [0, 0.05) is 31.5 Å². The molecule has 3 aromatic rings. The van der Waals surface area contributed by atoms with E-state index in [1.807, 2.05) is 31.1 Å². The van der Waals surface area contributed by atoms with Gasteiger partial charge in [0.2, 0.25) is 0 Å². The fraction of sp³-hybridized carbons (Fsp3) is 0.241. The van der Waals surface area contributed by atoms with E-state index in [0.29, 0.717) is 36.0 Å². The Hall–Kier alpha value is -4.08. The van der Waals surface area contributed by atoms with Crippen LogP contribution in [0.3, 0.4) is 0 Å². The van der Waals surface area contributed by atoms with Crippen molar-refractivity contribution in [1.29, 1.82) is 0 Å². The first kappa shape index (κ1) is 27.5. The lowest BCUT2D eigenvalue weighted by Gasteiger charge is -2.27. The molecule has 2 aliphatic heterocycles. The van der Waals surface area contributed by atoms with Crippen LogP contribution >= 0.6 is 23.2 Å². The first-order valence-electron chi connectivity index (χ1n) is 12.3. The number of aliphatic hydroxyl groups is 1. The highest BCUT2D eigenvalue weighted by Crippen LogP contribution is 2.49. The summed E-state index contributed by atoms with van der Waals surface area (Å²) >= 11 is 12.8. The lowest BCUT2D eigenvalue weighted by molar-refractivity contribution is -0.132. The molecular formula is C29H26Cl2N2O7. The van der Waals surface area contributed by atoms with Crippen LogP contribution in [0.15, 0.2) is 54.1 Å². The molecule has 11 heteroatoms. The fourth-order valence-electron chi connectivity index (χ4n) is 4.84. The molecule has 1 atom stereocenters. The van der Waals surface area contributed by atoms with Crippen LogP contribution in [0.1, 0.15) is 17.2 Å². The molecule has 1 saturated heterocycles. The van der Waals surface area contributed by atoms with Gasteiger partial charge < -0.3 is 29.0 Å². The number of rotatable bonds is 6. The molecule has 208 valence electrons. The second kappa shape index (κ2) is 10.8. The minimum absolute atomic E-state index is 0.00648. The zero-order valence-electron chi connectivity index (χ0n) is 22.2. The first-order chi connectivity index (χ1) is 19.2. The second-order valence-electron chi connectivity index (χ2n) is 9.27. The summed E-state index contributed by atoms with van der Waals surface area (Å²) in [6.07, 6.45) is 0. The van der Waals surface area contributed by atoms with Crippen molar-refractivity contribution in [1.82, 2.24) is 0 Å². The normalized spacial score (nSPS) is 17.6. The van der Waals surface area contributed by atoms with E-state index in [4.69, 9.17) is 42.1 Å². The van der Waals surface area contributed by atoms with Gasteiger partial charge in [0.05, 0.1) is 36.4 Å². The van der Waals surface area contributed by atoms with E-state index in [1.54, 1.807) is 30.3 Å². The molecule has 1 amide bonds. The lowest BCUT2D eigenvalue weighted by Crippen LogP contribution is -2.29. The number of carbonyl (C=O) groups is 2. The zero-order chi connectivity index (χ0) is 28.7. The van der Waals surface area contributed by atoms with E-state index < -0.39 is 23.5 Å². The molecule has 2 aliphatic rings. The Morgan fingerprint density at radius 3 is 2.23 bits per heavy atom. The number of halogens is 2. The molecule has 1 fully saturated rings. The SMILES string of the molecule is COc1c(Cl)cc(/C(O)=C2\C(=O)C(=O)N(c3ccc4c(c3)OCCO4)C2c2ccc(N(C)C)cc2)c(OC)c1Cl. The Morgan fingerprint density at radius 2 is 1.60 bits per heavy atom. The number of benzene rings is 3. The predicted octanol–water partition coefficient (Wildman–Crippen LogP) is 5.47. The standard InChI is InChI=1S/C29H26Cl2N2O7/c1-32(2)16-7-5-15(6-8-16)24-22(25(34)18-14-19(30)28(38-4)23(31)27(18)37-3)26(35)29(36)33(24)17-9-10-20-21(13-17)40-12-11-39-20/h5-10,13-14,24,34H,11-12H2,1-4H3/b25-22+. The van der Waals surface area contributed by atoms with Crippen molar-refractivity contribution in [3.8, 4) is 23.0 Å². The minimum atomic E-state index is -0.997. The third-order valence-corrected chi connectivity index (χ3v) is 7.39. The van der Waals surface area contributed by atoms with Gasteiger partial charge in [0.15, 0.2) is 23.0 Å². The van der Waals surface area contributed by atoms with Gasteiger partial charge in [-0.15, -0.1) is 0 Å². The number of hydrogen-bond acceptors (Lipinski definition) is 8. The van der Waals surface area contributed by atoms with Crippen molar-refractivity contribution in [2.75, 3.05) is 51.3 Å². The number of amides is 1. The average molecular weight is 585 g/mol. The molecule has 0 aromatic heterocycles. The fourth-order valence-corrected chi connectivity index (χ4v) is 5.53. The summed E-state index contributed by atoms with van der Waals surface area (Å²) < 4.78 is 22.1. The van der Waals surface area contributed by atoms with Crippen molar-refractivity contribution < 1.29 is 33.6 Å². The number of ketones is 1. The second-order valence-corrected chi connectivity index (χ2v) is 10.1. The molecule has 0 saturated carbocycles. The van der Waals surface area contributed by atoms with Crippen LogP contribution in [0.5, 0.6) is 23.0 Å². The van der Waals surface area contributed by atoms with Gasteiger partial charge in [0.1, 0.15) is 24.0 Å². The summed E-state index contributed by atoms with van der Waals surface area (Å²) in [5, 5.41) is 11.7. The molecule has 0 bridgehead atoms. The Bertz CT molecular complexity index is 1540. The quantitative estimate of drug-likeness (QED) is 0.231. The van der Waals surface area contributed by atoms with Crippen LogP contribution in [0, 0.1) is 0 Å². The van der Waals surface area contributed by atoms with Crippen molar-refractivity contribution in [3.05, 3.63) is 75.3 Å². The van der Waals surface area contributed by atoms with Gasteiger partial charge in [-0.1, -0.05) is 35.3 Å². The van der Waals surface area contributed by atoms with Crippen molar-refractivity contribution in [2.24, 2.45) is 0 Å². The summed E-state index contributed by atoms with van der Waals surface area (Å²) in [6, 6.07) is 12.7. The van der Waals surface area contributed by atoms with Crippen molar-refractivity contribution >= 4 is 52.0 Å². The number of anilines is 2. The highest BCUT2D eigenvalue weighted by atomic mass is 35.5. The summed E-state index contributed by atoms with van der Waals surface area (Å²) in [4.78, 5) is 30.5. The van der Waals surface area contributed by atoms with E-state index in [-0.39, 0.29) is 32.7 Å². The molecule has 2 heterocycles. The molecule has 9 nitrogen and oxygen atoms in total. The van der Waals surface area contributed by atoms with Gasteiger partial charge in [-0.3, -0.25) is 14.5 Å². The van der Waals surface area contributed by atoms with Crippen molar-refractivity contribution in [3.63, 3.8) is 0 Å². The van der Waals surface area contributed by atoms with Crippen LogP contribution in [0.2, 0.25) is 10.0 Å². The smallest absolute Gasteiger partial charge is 0.300 e. The lowest BCUT2D eigenvalue weighted by atomic mass is 9.94. The molecule has 40 heavy (non-hydrogen) atoms. The third kappa shape index (κ3) is 4.55. The van der Waals surface area contributed by atoms with Crippen LogP contribution in [-0.4, -0.2) is 58.3 Å². The molecule has 0 aliphatic carbocycles. The van der Waals surface area contributed by atoms with Crippen molar-refractivity contribution in [2.45, 2.75) is 6.04 Å². The molecule has 5 rings (SSSR count). The Labute approximate surface area is 241 Å². The maximum absolute atomic E-state index is 13.6. The third-order valence-electron chi connectivity index (χ3n) is 6.77. The molecule has 0 spiro atoms. The van der Waals surface area contributed by atoms with Crippen LogP contribution in [0.4, 0.5) is 11.4 Å². The maximum atomic E-state index is 13.6. The molecule has 3 aromatic carbocycles. The molecule has 1 N–H and O–H groups in total. The summed E-state index contributed by atoms with van der Waals surface area (Å²) in [5.41, 5.74) is 1.77. The number of carbonyl (C=O) groups excluding carboxylic acids is 2. The van der Waals surface area contributed by atoms with E-state index in [2.05, 4.69) is 0 Å². The van der Waals surface area contributed by atoms with E-state index >= 15 is 0 Å².